The largest absolute Gasteiger partial charge is 0.438 e. The van der Waals surface area contributed by atoms with E-state index in [2.05, 4.69) is 39.3 Å². The predicted molar refractivity (Wildman–Crippen MR) is 150 cm³/mol. The second-order valence-electron chi connectivity index (χ2n) is 10.6. The zero-order valence-corrected chi connectivity index (χ0v) is 23.1. The van der Waals surface area contributed by atoms with Crippen LogP contribution in [0.3, 0.4) is 0 Å². The maximum Gasteiger partial charge on any atom is 0.239 e. The van der Waals surface area contributed by atoms with Crippen molar-refractivity contribution in [2.45, 2.75) is 32.7 Å². The van der Waals surface area contributed by atoms with Crippen LogP contribution in [0.1, 0.15) is 33.6 Å². The van der Waals surface area contributed by atoms with Gasteiger partial charge in [0.25, 0.3) is 0 Å². The van der Waals surface area contributed by atoms with Gasteiger partial charge in [0.2, 0.25) is 11.8 Å². The molecule has 0 saturated carbocycles. The first-order valence-electron chi connectivity index (χ1n) is 13.1. The number of hydrogen-bond donors (Lipinski definition) is 1. The molecule has 3 aromatic heterocycles. The summed E-state index contributed by atoms with van der Waals surface area (Å²) in [5.74, 6) is 1.37. The monoisotopic (exact) mass is 529 g/mol. The summed E-state index contributed by atoms with van der Waals surface area (Å²) in [6.07, 6.45) is 4.97. The number of ketones is 1. The molecular weight excluding hydrogens is 494 g/mol. The number of nitrogens with zero attached hydrogens (tertiary/aromatic N) is 6. The first kappa shape index (κ1) is 26.6. The molecule has 1 amide bonds. The van der Waals surface area contributed by atoms with E-state index in [1.54, 1.807) is 22.8 Å². The number of benzene rings is 1. The zero-order valence-electron chi connectivity index (χ0n) is 23.1. The molecule has 1 saturated heterocycles. The number of aryl methyl sites for hydroxylation is 3. The van der Waals surface area contributed by atoms with Gasteiger partial charge in [-0.05, 0) is 75.3 Å². The van der Waals surface area contributed by atoms with Gasteiger partial charge in [0.15, 0.2) is 17.2 Å². The molecule has 1 fully saturated rings. The number of carbonyl (C=O) groups is 2. The average molecular weight is 530 g/mol. The molecule has 0 aliphatic carbocycles. The molecule has 10 nitrogen and oxygen atoms in total. The van der Waals surface area contributed by atoms with Crippen LogP contribution in [-0.4, -0.2) is 80.4 Å². The highest BCUT2D eigenvalue weighted by Crippen LogP contribution is 2.25. The van der Waals surface area contributed by atoms with Crippen molar-refractivity contribution in [2.75, 3.05) is 39.0 Å². The van der Waals surface area contributed by atoms with Gasteiger partial charge in [-0.2, -0.15) is 0 Å². The summed E-state index contributed by atoms with van der Waals surface area (Å²) in [6.45, 7) is 6.09. The second-order valence-corrected chi connectivity index (χ2v) is 10.6. The lowest BCUT2D eigenvalue weighted by molar-refractivity contribution is -0.117. The van der Waals surface area contributed by atoms with Crippen molar-refractivity contribution in [2.24, 2.45) is 7.05 Å². The third-order valence-electron chi connectivity index (χ3n) is 7.23. The number of hydrogen-bond acceptors (Lipinski definition) is 7. The van der Waals surface area contributed by atoms with E-state index in [1.165, 1.54) is 0 Å². The molecule has 1 unspecified atom stereocenters. The van der Waals surface area contributed by atoms with Gasteiger partial charge in [-0.1, -0.05) is 6.07 Å². The van der Waals surface area contributed by atoms with E-state index in [1.807, 2.05) is 55.9 Å². The van der Waals surface area contributed by atoms with E-state index in [4.69, 9.17) is 4.74 Å². The van der Waals surface area contributed by atoms with Gasteiger partial charge in [-0.15, -0.1) is 5.10 Å². The van der Waals surface area contributed by atoms with Crippen molar-refractivity contribution in [3.05, 3.63) is 71.2 Å². The summed E-state index contributed by atoms with van der Waals surface area (Å²) in [6, 6.07) is 11.6. The van der Waals surface area contributed by atoms with Crippen LogP contribution in [0.5, 0.6) is 11.6 Å². The van der Waals surface area contributed by atoms with Gasteiger partial charge in [-0.25, -0.2) is 9.50 Å². The molecule has 204 valence electrons. The Morgan fingerprint density at radius 3 is 2.67 bits per heavy atom. The molecular formula is C29H35N7O3. The van der Waals surface area contributed by atoms with Gasteiger partial charge in [0.05, 0.1) is 18.4 Å². The third-order valence-corrected chi connectivity index (χ3v) is 7.23. The highest BCUT2D eigenvalue weighted by molar-refractivity contribution is 5.96. The van der Waals surface area contributed by atoms with E-state index in [0.717, 1.165) is 36.2 Å². The van der Waals surface area contributed by atoms with E-state index < -0.39 is 0 Å². The molecule has 10 heteroatoms. The first-order chi connectivity index (χ1) is 18.6. The first-order valence-corrected chi connectivity index (χ1v) is 13.1. The summed E-state index contributed by atoms with van der Waals surface area (Å²) >= 11 is 0. The fraction of sp³-hybridized carbons (Fsp3) is 0.379. The molecule has 1 N–H and O–H groups in total. The van der Waals surface area contributed by atoms with Gasteiger partial charge >= 0.3 is 0 Å². The zero-order chi connectivity index (χ0) is 27.7. The van der Waals surface area contributed by atoms with E-state index in [9.17, 15) is 9.59 Å². The Labute approximate surface area is 228 Å². The fourth-order valence-corrected chi connectivity index (χ4v) is 5.03. The lowest BCUT2D eigenvalue weighted by Gasteiger charge is -2.19. The Balaban J connectivity index is 1.23. The molecule has 5 rings (SSSR count). The van der Waals surface area contributed by atoms with Crippen LogP contribution in [0.25, 0.3) is 5.65 Å². The number of nitrogens with one attached hydrogen (secondary N) is 1. The van der Waals surface area contributed by atoms with Crippen LogP contribution in [-0.2, 0) is 18.3 Å². The van der Waals surface area contributed by atoms with Crippen LogP contribution in [0.15, 0.2) is 48.8 Å². The lowest BCUT2D eigenvalue weighted by Crippen LogP contribution is -2.35. The number of carbonyl (C=O) groups excluding carboxylic acids is 2. The maximum absolute atomic E-state index is 12.9. The molecule has 4 heterocycles. The Bertz CT molecular complexity index is 1520. The summed E-state index contributed by atoms with van der Waals surface area (Å²) in [7, 11) is 6.03. The summed E-state index contributed by atoms with van der Waals surface area (Å²) in [5, 5.41) is 7.38. The number of aromatic nitrogens is 4. The van der Waals surface area contributed by atoms with Crippen molar-refractivity contribution < 1.29 is 14.3 Å². The third kappa shape index (κ3) is 6.18. The number of amides is 1. The van der Waals surface area contributed by atoms with Gasteiger partial charge < -0.3 is 19.5 Å². The predicted octanol–water partition coefficient (Wildman–Crippen LogP) is 3.48. The van der Waals surface area contributed by atoms with Crippen LogP contribution >= 0.6 is 0 Å². The minimum atomic E-state index is -0.0958. The van der Waals surface area contributed by atoms with Crippen molar-refractivity contribution in [1.29, 1.82) is 0 Å². The highest BCUT2D eigenvalue weighted by atomic mass is 16.5. The normalized spacial score (nSPS) is 15.8. The molecule has 4 aromatic rings. The molecule has 1 atom stereocenters. The van der Waals surface area contributed by atoms with Crippen molar-refractivity contribution in [3.8, 4) is 11.6 Å². The van der Waals surface area contributed by atoms with Crippen LogP contribution in [0.2, 0.25) is 0 Å². The quantitative estimate of drug-likeness (QED) is 0.332. The Kier molecular flexibility index (Phi) is 7.49. The second kappa shape index (κ2) is 11.0. The Morgan fingerprint density at radius 1 is 1.13 bits per heavy atom. The van der Waals surface area contributed by atoms with E-state index >= 15 is 0 Å². The van der Waals surface area contributed by atoms with Gasteiger partial charge in [-0.3, -0.25) is 14.5 Å². The van der Waals surface area contributed by atoms with Crippen LogP contribution in [0.4, 0.5) is 5.82 Å². The fourth-order valence-electron chi connectivity index (χ4n) is 5.03. The molecule has 0 radical (unpaired) electrons. The number of likely N-dealkylation sites (N-methyl/N-ethyl adjacent to an activating group) is 1. The smallest absolute Gasteiger partial charge is 0.239 e. The maximum atomic E-state index is 12.9. The number of anilines is 1. The number of Topliss-reactive ketones (excluding diaryl/α,β-unsaturated/α-hetero) is 1. The average Bonchev–Trinajstić information content (AvgIpc) is 3.59. The summed E-state index contributed by atoms with van der Waals surface area (Å²) in [4.78, 5) is 34.3. The van der Waals surface area contributed by atoms with Gasteiger partial charge in [0.1, 0.15) is 5.75 Å². The minimum absolute atomic E-state index is 0.0561. The molecule has 39 heavy (non-hydrogen) atoms. The minimum Gasteiger partial charge on any atom is -0.438 e. The molecule has 0 bridgehead atoms. The van der Waals surface area contributed by atoms with Crippen molar-refractivity contribution in [1.82, 2.24) is 29.0 Å². The molecule has 1 aliphatic rings. The topological polar surface area (TPSA) is 97.0 Å². The highest BCUT2D eigenvalue weighted by Gasteiger charge is 2.25. The van der Waals surface area contributed by atoms with Crippen LogP contribution < -0.4 is 10.1 Å². The number of imidazole rings is 1. The summed E-state index contributed by atoms with van der Waals surface area (Å²) < 4.78 is 9.48. The van der Waals surface area contributed by atoms with E-state index in [-0.39, 0.29) is 18.1 Å². The Hall–Kier alpha value is -4.02. The molecule has 1 aliphatic heterocycles. The van der Waals surface area contributed by atoms with Crippen LogP contribution in [0, 0.1) is 13.8 Å². The number of fused-ring (bicyclic) bond motifs is 1. The van der Waals surface area contributed by atoms with Gasteiger partial charge in [0, 0.05) is 44.9 Å². The standard InChI is InChI=1S/C29H35N7O3/c1-19-12-24(34(5)15-19)25(37)14-21-13-23(7-6-20(21)2)39-29-9-8-27-30-26(17-36(27)32-29)31-28(38)18-35-11-10-22(16-35)33(3)4/h6-9,12-13,15,17,22H,10-11,14,16,18H2,1-5H3,(H,31,38). The molecule has 0 spiro atoms. The number of likely N-dealkylation sites (tertiary alicyclic amines) is 1. The Morgan fingerprint density at radius 2 is 1.95 bits per heavy atom. The SMILES string of the molecule is Cc1cc(C(=O)Cc2cc(Oc3ccc4nc(NC(=O)CN5CCC(N(C)C)C5)cn4n3)ccc2C)n(C)c1. The summed E-state index contributed by atoms with van der Waals surface area (Å²) in [5.41, 5.74) is 4.26. The van der Waals surface area contributed by atoms with E-state index in [0.29, 0.717) is 41.4 Å². The number of ether oxygens (including phenoxy) is 1. The number of rotatable bonds is 9. The van der Waals surface area contributed by atoms with Crippen molar-refractivity contribution >= 4 is 23.2 Å². The molecule has 1 aromatic carbocycles. The van der Waals surface area contributed by atoms with Crippen molar-refractivity contribution in [3.63, 3.8) is 0 Å². The lowest BCUT2D eigenvalue weighted by atomic mass is 10.0.